The van der Waals surface area contributed by atoms with Crippen LogP contribution in [-0.2, 0) is 17.4 Å². The van der Waals surface area contributed by atoms with E-state index >= 15 is 0 Å². The first-order chi connectivity index (χ1) is 15.0. The summed E-state index contributed by atoms with van der Waals surface area (Å²) < 4.78 is 1.92. The number of para-hydroxylation sites is 2. The first-order valence-corrected chi connectivity index (χ1v) is 11.6. The van der Waals surface area contributed by atoms with Crippen LogP contribution in [0.25, 0.3) is 0 Å². The van der Waals surface area contributed by atoms with Gasteiger partial charge in [0.25, 0.3) is 0 Å². The predicted octanol–water partition coefficient (Wildman–Crippen LogP) is 2.86. The molecule has 3 fully saturated rings. The number of aliphatic hydroxyl groups is 1. The highest BCUT2D eigenvalue weighted by molar-refractivity contribution is 5.95. The summed E-state index contributed by atoms with van der Waals surface area (Å²) in [5.74, 6) is 0.771. The fourth-order valence-corrected chi connectivity index (χ4v) is 5.92. The number of aromatic nitrogens is 2. The van der Waals surface area contributed by atoms with Crippen molar-refractivity contribution in [2.75, 3.05) is 29.9 Å². The number of nitrogens with one attached hydrogen (secondary N) is 1. The van der Waals surface area contributed by atoms with Crippen molar-refractivity contribution in [2.24, 2.45) is 7.05 Å². The summed E-state index contributed by atoms with van der Waals surface area (Å²) in [4.78, 5) is 22.1. The molecular formula is C24H33N5O2. The van der Waals surface area contributed by atoms with Crippen molar-refractivity contribution in [3.63, 3.8) is 0 Å². The third kappa shape index (κ3) is 3.96. The van der Waals surface area contributed by atoms with E-state index in [0.29, 0.717) is 19.4 Å². The second kappa shape index (κ2) is 8.28. The van der Waals surface area contributed by atoms with Crippen LogP contribution in [0.5, 0.6) is 0 Å². The molecule has 166 valence electrons. The molecule has 0 spiro atoms. The number of amides is 1. The Morgan fingerprint density at radius 2 is 1.87 bits per heavy atom. The minimum Gasteiger partial charge on any atom is -0.382 e. The minimum absolute atomic E-state index is 0.0313. The maximum atomic E-state index is 13.0. The Bertz CT molecular complexity index is 922. The van der Waals surface area contributed by atoms with Crippen molar-refractivity contribution in [3.8, 4) is 0 Å². The molecule has 2 bridgehead atoms. The predicted molar refractivity (Wildman–Crippen MR) is 121 cm³/mol. The second-order valence-electron chi connectivity index (χ2n) is 9.47. The minimum atomic E-state index is -0.905. The molecule has 0 saturated carbocycles. The zero-order valence-corrected chi connectivity index (χ0v) is 18.3. The lowest BCUT2D eigenvalue weighted by molar-refractivity contribution is -0.121. The molecule has 1 aromatic carbocycles. The summed E-state index contributed by atoms with van der Waals surface area (Å²) in [6.07, 6.45) is 10.6. The quantitative estimate of drug-likeness (QED) is 0.774. The number of nitrogens with zero attached hydrogens (tertiary/aromatic N) is 4. The van der Waals surface area contributed by atoms with Crippen molar-refractivity contribution >= 4 is 17.3 Å². The average molecular weight is 424 g/mol. The van der Waals surface area contributed by atoms with E-state index in [0.717, 1.165) is 43.1 Å². The molecule has 3 aliphatic heterocycles. The fourth-order valence-electron chi connectivity index (χ4n) is 5.92. The van der Waals surface area contributed by atoms with Crippen molar-refractivity contribution < 1.29 is 9.90 Å². The van der Waals surface area contributed by atoms with E-state index in [1.807, 2.05) is 36.0 Å². The molecule has 1 amide bonds. The number of imidazole rings is 1. The molecule has 2 atom stereocenters. The zero-order valence-electron chi connectivity index (χ0n) is 18.3. The van der Waals surface area contributed by atoms with Gasteiger partial charge in [0.1, 0.15) is 11.4 Å². The van der Waals surface area contributed by atoms with Gasteiger partial charge < -0.3 is 19.9 Å². The standard InChI is InChI=1S/C24H33N5O2/c1-27-14-11-25-23(27)24(31)15-18-9-10-19(16-24)29(18)17-22(30)26-20-7-3-4-8-21(20)28-12-5-2-6-13-28/h3-4,7-8,11,14,18-19,31H,2,5-6,9-10,12-13,15-17H2,1H3,(H,26,30). The average Bonchev–Trinajstić information content (AvgIpc) is 3.31. The highest BCUT2D eigenvalue weighted by Crippen LogP contribution is 2.45. The normalized spacial score (nSPS) is 28.6. The molecule has 0 aliphatic carbocycles. The third-order valence-electron chi connectivity index (χ3n) is 7.36. The van der Waals surface area contributed by atoms with E-state index in [2.05, 4.69) is 26.2 Å². The van der Waals surface area contributed by atoms with Crippen molar-refractivity contribution in [2.45, 2.75) is 62.6 Å². The van der Waals surface area contributed by atoms with E-state index in [1.165, 1.54) is 19.3 Å². The van der Waals surface area contributed by atoms with Crippen LogP contribution in [-0.4, -0.2) is 57.2 Å². The Morgan fingerprint density at radius 1 is 1.16 bits per heavy atom. The molecule has 2 N–H and O–H groups in total. The van der Waals surface area contributed by atoms with Crippen LogP contribution in [0.3, 0.4) is 0 Å². The Morgan fingerprint density at radius 3 is 2.55 bits per heavy atom. The number of carbonyl (C=O) groups excluding carboxylic acids is 1. The smallest absolute Gasteiger partial charge is 0.238 e. The van der Waals surface area contributed by atoms with Crippen LogP contribution in [0, 0.1) is 0 Å². The monoisotopic (exact) mass is 423 g/mol. The van der Waals surface area contributed by atoms with Crippen molar-refractivity contribution in [1.29, 1.82) is 0 Å². The van der Waals surface area contributed by atoms with Gasteiger partial charge in [0.15, 0.2) is 0 Å². The number of piperidine rings is 2. The number of anilines is 2. The lowest BCUT2D eigenvalue weighted by atomic mass is 9.85. The Kier molecular flexibility index (Phi) is 5.48. The van der Waals surface area contributed by atoms with Gasteiger partial charge in [-0.3, -0.25) is 9.69 Å². The van der Waals surface area contributed by atoms with Crippen LogP contribution >= 0.6 is 0 Å². The largest absolute Gasteiger partial charge is 0.382 e. The number of carbonyl (C=O) groups is 1. The molecule has 2 aromatic rings. The maximum absolute atomic E-state index is 13.0. The third-order valence-corrected chi connectivity index (χ3v) is 7.36. The van der Waals surface area contributed by atoms with Crippen molar-refractivity contribution in [1.82, 2.24) is 14.5 Å². The number of aryl methyl sites for hydroxylation is 1. The first kappa shape index (κ1) is 20.5. The summed E-state index contributed by atoms with van der Waals surface area (Å²) in [5, 5.41) is 14.5. The van der Waals surface area contributed by atoms with Gasteiger partial charge in [-0.05, 0) is 57.1 Å². The highest BCUT2D eigenvalue weighted by atomic mass is 16.3. The number of fused-ring (bicyclic) bond motifs is 2. The summed E-state index contributed by atoms with van der Waals surface area (Å²) in [5.41, 5.74) is 1.13. The molecular weight excluding hydrogens is 390 g/mol. The lowest BCUT2D eigenvalue weighted by Gasteiger charge is -2.43. The van der Waals surface area contributed by atoms with E-state index in [4.69, 9.17) is 0 Å². The lowest BCUT2D eigenvalue weighted by Crippen LogP contribution is -2.52. The fraction of sp³-hybridized carbons (Fsp3) is 0.583. The molecule has 4 heterocycles. The summed E-state index contributed by atoms with van der Waals surface area (Å²) in [6.45, 7) is 2.48. The van der Waals surface area contributed by atoms with Crippen molar-refractivity contribution in [3.05, 3.63) is 42.5 Å². The Balaban J connectivity index is 1.26. The molecule has 31 heavy (non-hydrogen) atoms. The summed E-state index contributed by atoms with van der Waals surface area (Å²) in [7, 11) is 1.93. The molecule has 7 nitrogen and oxygen atoms in total. The molecule has 2 unspecified atom stereocenters. The van der Waals surface area contributed by atoms with E-state index < -0.39 is 5.60 Å². The number of hydrogen-bond donors (Lipinski definition) is 2. The van der Waals surface area contributed by atoms with Crippen LogP contribution < -0.4 is 10.2 Å². The second-order valence-corrected chi connectivity index (χ2v) is 9.47. The number of benzene rings is 1. The van der Waals surface area contributed by atoms with Crippen LogP contribution in [0.4, 0.5) is 11.4 Å². The van der Waals surface area contributed by atoms with E-state index in [1.54, 1.807) is 6.20 Å². The number of hydrogen-bond acceptors (Lipinski definition) is 5. The van der Waals surface area contributed by atoms with Crippen LogP contribution in [0.15, 0.2) is 36.7 Å². The topological polar surface area (TPSA) is 73.6 Å². The zero-order chi connectivity index (χ0) is 21.4. The summed E-state index contributed by atoms with van der Waals surface area (Å²) in [6, 6.07) is 8.57. The van der Waals surface area contributed by atoms with Gasteiger partial charge in [0, 0.05) is 44.6 Å². The van der Waals surface area contributed by atoms with Crippen LogP contribution in [0.2, 0.25) is 0 Å². The maximum Gasteiger partial charge on any atom is 0.238 e. The van der Waals surface area contributed by atoms with Gasteiger partial charge in [-0.2, -0.15) is 0 Å². The molecule has 7 heteroatoms. The first-order valence-electron chi connectivity index (χ1n) is 11.6. The van der Waals surface area contributed by atoms with Gasteiger partial charge >= 0.3 is 0 Å². The summed E-state index contributed by atoms with van der Waals surface area (Å²) >= 11 is 0. The molecule has 3 aliphatic rings. The van der Waals surface area contributed by atoms with Gasteiger partial charge in [-0.25, -0.2) is 4.98 Å². The SMILES string of the molecule is Cn1ccnc1C1(O)CC2CCC(C1)N2CC(=O)Nc1ccccc1N1CCCCC1. The van der Waals surface area contributed by atoms with Crippen LogP contribution in [0.1, 0.15) is 50.8 Å². The van der Waals surface area contributed by atoms with Gasteiger partial charge in [-0.1, -0.05) is 12.1 Å². The molecule has 3 saturated heterocycles. The molecule has 5 rings (SSSR count). The van der Waals surface area contributed by atoms with E-state index in [-0.39, 0.29) is 18.0 Å². The molecule has 1 aromatic heterocycles. The Hall–Kier alpha value is -2.38. The number of rotatable bonds is 5. The highest BCUT2D eigenvalue weighted by Gasteiger charge is 2.50. The Labute approximate surface area is 184 Å². The molecule has 0 radical (unpaired) electrons. The van der Waals surface area contributed by atoms with Gasteiger partial charge in [-0.15, -0.1) is 0 Å². The van der Waals surface area contributed by atoms with Gasteiger partial charge in [0.2, 0.25) is 5.91 Å². The van der Waals surface area contributed by atoms with E-state index in [9.17, 15) is 9.90 Å². The van der Waals surface area contributed by atoms with Gasteiger partial charge in [0.05, 0.1) is 17.9 Å².